The summed E-state index contributed by atoms with van der Waals surface area (Å²) in [5.74, 6) is 0. The van der Waals surface area contributed by atoms with Crippen LogP contribution in [0.4, 0.5) is 0 Å². The molecule has 3 nitrogen and oxygen atoms in total. The second-order valence-corrected chi connectivity index (χ2v) is 15.4. The minimum absolute atomic E-state index is 0.120. The maximum atomic E-state index is 11.3. The number of aliphatic hydroxyl groups excluding tert-OH is 1. The molecule has 3 aromatic rings. The summed E-state index contributed by atoms with van der Waals surface area (Å²) in [5.41, 5.74) is 1.10. The lowest BCUT2D eigenvalue weighted by Gasteiger charge is -2.44. The van der Waals surface area contributed by atoms with Crippen LogP contribution >= 0.6 is 0 Å². The van der Waals surface area contributed by atoms with Crippen LogP contribution in [0.15, 0.2) is 91.0 Å². The fourth-order valence-corrected chi connectivity index (χ4v) is 9.73. The normalized spacial score (nSPS) is 13.9. The van der Waals surface area contributed by atoms with Crippen molar-refractivity contribution in [2.45, 2.75) is 90.1 Å². The Kier molecular flexibility index (Phi) is 11.6. The van der Waals surface area contributed by atoms with Gasteiger partial charge in [0.2, 0.25) is 0 Å². The van der Waals surface area contributed by atoms with E-state index in [9.17, 15) is 5.11 Å². The molecule has 0 bridgehead atoms. The quantitative estimate of drug-likeness (QED) is 0.176. The molecule has 0 aliphatic heterocycles. The lowest BCUT2D eigenvalue weighted by molar-refractivity contribution is -0.0704. The molecule has 0 saturated carbocycles. The third-order valence-electron chi connectivity index (χ3n) is 7.22. The van der Waals surface area contributed by atoms with Gasteiger partial charge in [-0.05, 0) is 27.4 Å². The zero-order chi connectivity index (χ0) is 26.6. The van der Waals surface area contributed by atoms with E-state index in [2.05, 4.69) is 100 Å². The van der Waals surface area contributed by atoms with Crippen molar-refractivity contribution >= 4 is 18.7 Å². The summed E-state index contributed by atoms with van der Waals surface area (Å²) < 4.78 is 13.5. The first-order chi connectivity index (χ1) is 17.9. The highest BCUT2D eigenvalue weighted by Crippen LogP contribution is 2.37. The van der Waals surface area contributed by atoms with Crippen LogP contribution in [0.5, 0.6) is 0 Å². The first kappa shape index (κ1) is 29.3. The third-order valence-corrected chi connectivity index (χ3v) is 12.2. The number of aliphatic hydroxyl groups is 1. The van der Waals surface area contributed by atoms with Gasteiger partial charge in [0.1, 0.15) is 6.10 Å². The van der Waals surface area contributed by atoms with Crippen LogP contribution in [0.3, 0.4) is 0 Å². The van der Waals surface area contributed by atoms with Gasteiger partial charge in [-0.15, -0.1) is 0 Å². The fourth-order valence-electron chi connectivity index (χ4n) is 5.16. The van der Waals surface area contributed by atoms with Crippen molar-refractivity contribution in [3.8, 4) is 0 Å². The van der Waals surface area contributed by atoms with Crippen LogP contribution in [0.25, 0.3) is 0 Å². The van der Waals surface area contributed by atoms with Gasteiger partial charge < -0.3 is 14.3 Å². The highest BCUT2D eigenvalue weighted by atomic mass is 28.4. The molecule has 37 heavy (non-hydrogen) atoms. The largest absolute Gasteiger partial charge is 0.405 e. The summed E-state index contributed by atoms with van der Waals surface area (Å²) in [7, 11) is -2.71. The smallest absolute Gasteiger partial charge is 0.261 e. The molecule has 0 aromatic heterocycles. The molecule has 0 radical (unpaired) electrons. The van der Waals surface area contributed by atoms with Crippen LogP contribution in [0, 0.1) is 0 Å². The van der Waals surface area contributed by atoms with Gasteiger partial charge in [-0.1, -0.05) is 151 Å². The van der Waals surface area contributed by atoms with Crippen LogP contribution in [0.2, 0.25) is 5.04 Å². The van der Waals surface area contributed by atoms with Crippen LogP contribution < -0.4 is 10.4 Å². The second-order valence-electron chi connectivity index (χ2n) is 11.1. The molecule has 0 saturated heterocycles. The molecule has 200 valence electrons. The molecular weight excluding hydrogens is 472 g/mol. The standard InChI is InChI=1S/C33H46O3Si/c1-5-6-7-8-18-25-31(34)32(35-26-28-19-12-9-13-20-28)27-36-37(33(2,3)4,29-21-14-10-15-22-29)30-23-16-11-17-24-30/h9-17,19-24,31-32,34H,5-8,18,25-27H2,1-4H3/t31-,32-/m1/s1. The summed E-state index contributed by atoms with van der Waals surface area (Å²) in [6.07, 6.45) is 5.61. The van der Waals surface area contributed by atoms with Crippen molar-refractivity contribution in [3.05, 3.63) is 96.6 Å². The average molecular weight is 519 g/mol. The van der Waals surface area contributed by atoms with Crippen LogP contribution in [-0.4, -0.2) is 32.2 Å². The summed E-state index contributed by atoms with van der Waals surface area (Å²) in [4.78, 5) is 0. The molecule has 0 fully saturated rings. The highest BCUT2D eigenvalue weighted by Gasteiger charge is 2.50. The van der Waals surface area contributed by atoms with Gasteiger partial charge in [0.05, 0.1) is 19.3 Å². The third kappa shape index (κ3) is 8.12. The molecule has 0 spiro atoms. The Hall–Kier alpha value is -2.24. The van der Waals surface area contributed by atoms with Gasteiger partial charge >= 0.3 is 0 Å². The van der Waals surface area contributed by atoms with Crippen molar-refractivity contribution in [2.24, 2.45) is 0 Å². The number of unbranched alkanes of at least 4 members (excludes halogenated alkanes) is 4. The van der Waals surface area contributed by atoms with E-state index in [1.54, 1.807) is 0 Å². The van der Waals surface area contributed by atoms with Gasteiger partial charge in [-0.2, -0.15) is 0 Å². The number of hydrogen-bond acceptors (Lipinski definition) is 3. The van der Waals surface area contributed by atoms with Gasteiger partial charge in [0.25, 0.3) is 8.32 Å². The number of hydrogen-bond donors (Lipinski definition) is 1. The second kappa shape index (κ2) is 14.6. The number of rotatable bonds is 15. The van der Waals surface area contributed by atoms with E-state index in [1.165, 1.54) is 29.6 Å². The molecule has 1 N–H and O–H groups in total. The summed E-state index contributed by atoms with van der Waals surface area (Å²) in [6, 6.07) is 31.5. The van der Waals surface area contributed by atoms with Crippen molar-refractivity contribution in [3.63, 3.8) is 0 Å². The Bertz CT molecular complexity index is 963. The van der Waals surface area contributed by atoms with E-state index in [0.29, 0.717) is 13.2 Å². The Morgan fingerprint density at radius 3 is 1.76 bits per heavy atom. The molecule has 2 atom stereocenters. The predicted octanol–water partition coefficient (Wildman–Crippen LogP) is 6.87. The predicted molar refractivity (Wildman–Crippen MR) is 158 cm³/mol. The molecule has 0 heterocycles. The summed E-state index contributed by atoms with van der Waals surface area (Å²) in [5, 5.41) is 13.7. The SMILES string of the molecule is CCCCCCC[C@@H](O)[C@@H](CO[Si](c1ccccc1)(c1ccccc1)C(C)(C)C)OCc1ccccc1. The van der Waals surface area contributed by atoms with Crippen LogP contribution in [-0.2, 0) is 15.8 Å². The number of benzene rings is 3. The van der Waals surface area contributed by atoms with Crippen molar-refractivity contribution in [1.29, 1.82) is 0 Å². The van der Waals surface area contributed by atoms with Crippen molar-refractivity contribution in [1.82, 2.24) is 0 Å². The summed E-state index contributed by atoms with van der Waals surface area (Å²) in [6.45, 7) is 9.89. The topological polar surface area (TPSA) is 38.7 Å². The molecule has 3 aromatic carbocycles. The maximum Gasteiger partial charge on any atom is 0.261 e. The van der Waals surface area contributed by atoms with Gasteiger partial charge in [-0.3, -0.25) is 0 Å². The van der Waals surface area contributed by atoms with Crippen molar-refractivity contribution < 1.29 is 14.3 Å². The molecule has 0 amide bonds. The highest BCUT2D eigenvalue weighted by molar-refractivity contribution is 6.99. The molecule has 0 aliphatic rings. The van der Waals surface area contributed by atoms with Gasteiger partial charge in [-0.25, -0.2) is 0 Å². The zero-order valence-electron chi connectivity index (χ0n) is 23.2. The minimum Gasteiger partial charge on any atom is -0.405 e. The minimum atomic E-state index is -2.71. The van der Waals surface area contributed by atoms with Crippen LogP contribution in [0.1, 0.15) is 71.8 Å². The Morgan fingerprint density at radius 1 is 0.730 bits per heavy atom. The number of ether oxygens (including phenoxy) is 1. The van der Waals surface area contributed by atoms with E-state index in [4.69, 9.17) is 9.16 Å². The van der Waals surface area contributed by atoms with E-state index in [0.717, 1.165) is 24.8 Å². The molecule has 0 unspecified atom stereocenters. The van der Waals surface area contributed by atoms with E-state index in [1.807, 2.05) is 18.2 Å². The lowest BCUT2D eigenvalue weighted by atomic mass is 10.0. The van der Waals surface area contributed by atoms with E-state index in [-0.39, 0.29) is 5.04 Å². The van der Waals surface area contributed by atoms with Gasteiger partial charge in [0, 0.05) is 0 Å². The first-order valence-corrected chi connectivity index (χ1v) is 15.9. The monoisotopic (exact) mass is 518 g/mol. The van der Waals surface area contributed by atoms with E-state index >= 15 is 0 Å². The Morgan fingerprint density at radius 2 is 1.24 bits per heavy atom. The summed E-state index contributed by atoms with van der Waals surface area (Å²) >= 11 is 0. The first-order valence-electron chi connectivity index (χ1n) is 14.0. The molecule has 3 rings (SSSR count). The zero-order valence-corrected chi connectivity index (χ0v) is 24.2. The molecular formula is C33H46O3Si. The Balaban J connectivity index is 1.87. The average Bonchev–Trinajstić information content (AvgIpc) is 2.91. The van der Waals surface area contributed by atoms with E-state index < -0.39 is 20.5 Å². The van der Waals surface area contributed by atoms with Gasteiger partial charge in [0.15, 0.2) is 0 Å². The molecule has 0 aliphatic carbocycles. The fraction of sp³-hybridized carbons (Fsp3) is 0.455. The molecule has 4 heteroatoms. The maximum absolute atomic E-state index is 11.3. The van der Waals surface area contributed by atoms with Crippen molar-refractivity contribution in [2.75, 3.05) is 6.61 Å². The Labute approximate surface area is 226 Å². The lowest BCUT2D eigenvalue weighted by Crippen LogP contribution is -2.67.